The third-order valence-corrected chi connectivity index (χ3v) is 4.02. The van der Waals surface area contributed by atoms with Gasteiger partial charge in [-0.25, -0.2) is 0 Å². The Kier molecular flexibility index (Phi) is 2.96. The summed E-state index contributed by atoms with van der Waals surface area (Å²) >= 11 is 3.20. The number of rotatable bonds is 2. The minimum absolute atomic E-state index is 0.108. The number of furan rings is 1. The van der Waals surface area contributed by atoms with Gasteiger partial charge < -0.3 is 14.6 Å². The van der Waals surface area contributed by atoms with E-state index in [0.717, 1.165) is 18.9 Å². The van der Waals surface area contributed by atoms with Gasteiger partial charge in [0.15, 0.2) is 10.4 Å². The number of carbonyl (C=O) groups is 1. The third kappa shape index (κ3) is 2.40. The molecule has 1 aromatic heterocycles. The molecule has 1 N–H and O–H groups in total. The zero-order chi connectivity index (χ0) is 11.8. The van der Waals surface area contributed by atoms with E-state index in [0.29, 0.717) is 10.4 Å². The summed E-state index contributed by atoms with van der Waals surface area (Å²) in [5.41, 5.74) is 0. The second-order valence-corrected chi connectivity index (χ2v) is 5.71. The second-order valence-electron chi connectivity index (χ2n) is 4.92. The van der Waals surface area contributed by atoms with Crippen LogP contribution in [-0.2, 0) is 0 Å². The summed E-state index contributed by atoms with van der Waals surface area (Å²) in [6, 6.07) is 3.70. The molecule has 0 saturated carbocycles. The van der Waals surface area contributed by atoms with E-state index in [1.807, 2.05) is 0 Å². The largest absolute Gasteiger partial charge is 0.444 e. The molecular formula is C12H15BrN2O2. The van der Waals surface area contributed by atoms with Crippen molar-refractivity contribution in [1.29, 1.82) is 0 Å². The number of halogens is 1. The summed E-state index contributed by atoms with van der Waals surface area (Å²) in [6.07, 6.45) is 2.38. The lowest BCUT2D eigenvalue weighted by atomic mass is 9.97. The van der Waals surface area contributed by atoms with E-state index in [4.69, 9.17) is 4.42 Å². The molecule has 1 amide bonds. The molecule has 92 valence electrons. The van der Waals surface area contributed by atoms with E-state index < -0.39 is 0 Å². The number of nitrogens with one attached hydrogen (secondary N) is 1. The molecule has 5 heteroatoms. The summed E-state index contributed by atoms with van der Waals surface area (Å²) in [6.45, 7) is 3.37. The Hall–Kier alpha value is -0.810. The quantitative estimate of drug-likeness (QED) is 0.907. The first-order chi connectivity index (χ1) is 8.20. The highest BCUT2D eigenvalue weighted by molar-refractivity contribution is 9.10. The number of fused-ring (bicyclic) bond motifs is 2. The van der Waals surface area contributed by atoms with Crippen molar-refractivity contribution in [3.05, 3.63) is 22.6 Å². The van der Waals surface area contributed by atoms with Gasteiger partial charge in [-0.2, -0.15) is 0 Å². The Labute approximate surface area is 108 Å². The van der Waals surface area contributed by atoms with E-state index in [2.05, 4.69) is 26.1 Å². The summed E-state index contributed by atoms with van der Waals surface area (Å²) in [4.78, 5) is 14.3. The van der Waals surface area contributed by atoms with Crippen molar-refractivity contribution in [1.82, 2.24) is 10.2 Å². The third-order valence-electron chi connectivity index (χ3n) is 3.60. The number of nitrogens with zero attached hydrogens (tertiary/aromatic N) is 1. The molecule has 2 aliphatic heterocycles. The van der Waals surface area contributed by atoms with Crippen molar-refractivity contribution in [3.63, 3.8) is 0 Å². The van der Waals surface area contributed by atoms with Crippen LogP contribution in [0, 0.1) is 5.92 Å². The van der Waals surface area contributed by atoms with Gasteiger partial charge in [0, 0.05) is 19.1 Å². The van der Waals surface area contributed by atoms with E-state index in [9.17, 15) is 4.79 Å². The maximum absolute atomic E-state index is 11.9. The summed E-state index contributed by atoms with van der Waals surface area (Å²) in [7, 11) is 0. The maximum Gasteiger partial charge on any atom is 0.287 e. The van der Waals surface area contributed by atoms with Crippen LogP contribution in [0.5, 0.6) is 0 Å². The van der Waals surface area contributed by atoms with Crippen LogP contribution in [0.1, 0.15) is 23.4 Å². The lowest BCUT2D eigenvalue weighted by Crippen LogP contribution is -2.46. The average Bonchev–Trinajstić information content (AvgIpc) is 2.85. The fourth-order valence-corrected chi connectivity index (χ4v) is 3.16. The van der Waals surface area contributed by atoms with Crippen LogP contribution in [0.15, 0.2) is 21.2 Å². The minimum Gasteiger partial charge on any atom is -0.444 e. The van der Waals surface area contributed by atoms with E-state index in [1.54, 1.807) is 12.1 Å². The Morgan fingerprint density at radius 2 is 2.35 bits per heavy atom. The van der Waals surface area contributed by atoms with E-state index >= 15 is 0 Å². The first-order valence-corrected chi connectivity index (χ1v) is 6.78. The van der Waals surface area contributed by atoms with Gasteiger partial charge in [0.2, 0.25) is 0 Å². The molecule has 0 aromatic carbocycles. The zero-order valence-corrected chi connectivity index (χ0v) is 11.1. The number of hydrogen-bond donors (Lipinski definition) is 1. The van der Waals surface area contributed by atoms with Crippen LogP contribution in [0.4, 0.5) is 0 Å². The average molecular weight is 299 g/mol. The summed E-state index contributed by atoms with van der Waals surface area (Å²) < 4.78 is 5.84. The van der Waals surface area contributed by atoms with Crippen molar-refractivity contribution in [3.8, 4) is 0 Å². The topological polar surface area (TPSA) is 45.5 Å². The molecule has 0 radical (unpaired) electrons. The molecule has 3 heterocycles. The first-order valence-electron chi connectivity index (χ1n) is 5.99. The highest BCUT2D eigenvalue weighted by atomic mass is 79.9. The molecule has 1 unspecified atom stereocenters. The van der Waals surface area contributed by atoms with Crippen LogP contribution < -0.4 is 5.32 Å². The lowest BCUT2D eigenvalue weighted by molar-refractivity contribution is 0.0880. The molecule has 2 saturated heterocycles. The highest BCUT2D eigenvalue weighted by Crippen LogP contribution is 2.27. The van der Waals surface area contributed by atoms with E-state index in [-0.39, 0.29) is 11.9 Å². The van der Waals surface area contributed by atoms with Crippen LogP contribution in [0.25, 0.3) is 0 Å². The molecule has 2 fully saturated rings. The standard InChI is InChI=1S/C12H15BrN2O2/c13-11-2-1-10(17-11)12(16)14-9-5-8-3-4-15(6-8)7-9/h1-2,8-9H,3-7H2,(H,14,16)/t8-,9+/m1/s1. The number of piperidine rings is 1. The monoisotopic (exact) mass is 298 g/mol. The SMILES string of the molecule is O=C(N[C@H]1C[C@H]2CCN(C2)C1)c1ccc(Br)o1. The summed E-state index contributed by atoms with van der Waals surface area (Å²) in [5.74, 6) is 1.03. The van der Waals surface area contributed by atoms with Gasteiger partial charge in [0.1, 0.15) is 0 Å². The molecule has 3 atom stereocenters. The van der Waals surface area contributed by atoms with Gasteiger partial charge in [0.05, 0.1) is 0 Å². The normalized spacial score (nSPS) is 31.5. The summed E-state index contributed by atoms with van der Waals surface area (Å²) in [5, 5.41) is 3.05. The van der Waals surface area contributed by atoms with Gasteiger partial charge >= 0.3 is 0 Å². The van der Waals surface area contributed by atoms with E-state index in [1.165, 1.54) is 19.5 Å². The van der Waals surface area contributed by atoms with Crippen LogP contribution in [-0.4, -0.2) is 36.5 Å². The van der Waals surface area contributed by atoms with Crippen molar-refractivity contribution < 1.29 is 9.21 Å². The predicted molar refractivity (Wildman–Crippen MR) is 66.8 cm³/mol. The molecule has 4 nitrogen and oxygen atoms in total. The number of amides is 1. The first kappa shape index (κ1) is 11.3. The smallest absolute Gasteiger partial charge is 0.287 e. The molecule has 1 aromatic rings. The molecule has 0 spiro atoms. The van der Waals surface area contributed by atoms with Crippen molar-refractivity contribution >= 4 is 21.8 Å². The van der Waals surface area contributed by atoms with Crippen LogP contribution >= 0.6 is 15.9 Å². The maximum atomic E-state index is 11.9. The van der Waals surface area contributed by atoms with Gasteiger partial charge in [-0.15, -0.1) is 0 Å². The Morgan fingerprint density at radius 1 is 1.47 bits per heavy atom. The Balaban J connectivity index is 1.62. The lowest BCUT2D eigenvalue weighted by Gasteiger charge is -2.30. The highest BCUT2D eigenvalue weighted by Gasteiger charge is 2.33. The molecule has 2 aliphatic rings. The van der Waals surface area contributed by atoms with Crippen LogP contribution in [0.3, 0.4) is 0 Å². The number of hydrogen-bond acceptors (Lipinski definition) is 3. The molecular weight excluding hydrogens is 284 g/mol. The molecule has 2 bridgehead atoms. The fourth-order valence-electron chi connectivity index (χ4n) is 2.86. The molecule has 0 aliphatic carbocycles. The number of carbonyl (C=O) groups excluding carboxylic acids is 1. The van der Waals surface area contributed by atoms with Crippen LogP contribution in [0.2, 0.25) is 0 Å². The zero-order valence-electron chi connectivity index (χ0n) is 9.49. The van der Waals surface area contributed by atoms with Crippen molar-refractivity contribution in [2.45, 2.75) is 18.9 Å². The predicted octanol–water partition coefficient (Wildman–Crippen LogP) is 1.87. The van der Waals surface area contributed by atoms with Crippen molar-refractivity contribution in [2.24, 2.45) is 5.92 Å². The Morgan fingerprint density at radius 3 is 3.06 bits per heavy atom. The molecule has 3 rings (SSSR count). The van der Waals surface area contributed by atoms with Gasteiger partial charge in [-0.05, 0) is 53.4 Å². The van der Waals surface area contributed by atoms with Gasteiger partial charge in [-0.1, -0.05) is 0 Å². The van der Waals surface area contributed by atoms with Gasteiger partial charge in [-0.3, -0.25) is 4.79 Å². The minimum atomic E-state index is -0.108. The fraction of sp³-hybridized carbons (Fsp3) is 0.583. The van der Waals surface area contributed by atoms with Gasteiger partial charge in [0.25, 0.3) is 5.91 Å². The molecule has 17 heavy (non-hydrogen) atoms. The van der Waals surface area contributed by atoms with Crippen molar-refractivity contribution in [2.75, 3.05) is 19.6 Å². The second kappa shape index (κ2) is 4.46. The Bertz CT molecular complexity index is 420.